The van der Waals surface area contributed by atoms with Gasteiger partial charge in [-0.3, -0.25) is 0 Å². The largest absolute Gasteiger partial charge is 0.478 e. The number of nitrogen functional groups attached to an aromatic ring is 1. The van der Waals surface area contributed by atoms with E-state index < -0.39 is 11.8 Å². The number of anilines is 1. The summed E-state index contributed by atoms with van der Waals surface area (Å²) in [6.45, 7) is 0. The van der Waals surface area contributed by atoms with Crippen LogP contribution in [0.4, 0.5) is 10.1 Å². The molecule has 2 aromatic carbocycles. The highest BCUT2D eigenvalue weighted by atomic mass is 19.1. The summed E-state index contributed by atoms with van der Waals surface area (Å²) < 4.78 is 13.5. The van der Waals surface area contributed by atoms with Crippen molar-refractivity contribution >= 4 is 23.3 Å². The zero-order valence-electron chi connectivity index (χ0n) is 10.0. The zero-order valence-corrected chi connectivity index (χ0v) is 10.0. The topological polar surface area (TPSA) is 63.3 Å². The van der Waals surface area contributed by atoms with Crippen molar-refractivity contribution in [1.29, 1.82) is 0 Å². The molecule has 4 heteroatoms. The maximum atomic E-state index is 13.5. The van der Waals surface area contributed by atoms with Crippen molar-refractivity contribution in [3.05, 3.63) is 65.5 Å². The van der Waals surface area contributed by atoms with E-state index in [1.165, 1.54) is 18.2 Å². The molecule has 0 aliphatic carbocycles. The number of carboxylic acids is 1. The lowest BCUT2D eigenvalue weighted by Crippen LogP contribution is -2.00. The normalized spacial score (nSPS) is 11.3. The molecule has 2 aromatic rings. The Hall–Kier alpha value is -2.62. The minimum absolute atomic E-state index is 0.0186. The summed E-state index contributed by atoms with van der Waals surface area (Å²) in [7, 11) is 0. The molecule has 0 unspecified atom stereocenters. The lowest BCUT2D eigenvalue weighted by atomic mass is 10.0. The number of hydrogen-bond donors (Lipinski definition) is 2. The van der Waals surface area contributed by atoms with Gasteiger partial charge in [-0.05, 0) is 29.8 Å². The monoisotopic (exact) mass is 257 g/mol. The SMILES string of the molecule is Nc1ccc(/C(=C/c2ccccc2F)C(=O)O)cc1. The van der Waals surface area contributed by atoms with Crippen LogP contribution in [-0.2, 0) is 4.79 Å². The first-order chi connectivity index (χ1) is 9.08. The summed E-state index contributed by atoms with van der Waals surface area (Å²) in [4.78, 5) is 11.3. The van der Waals surface area contributed by atoms with E-state index in [1.807, 2.05) is 0 Å². The van der Waals surface area contributed by atoms with Gasteiger partial charge < -0.3 is 10.8 Å². The number of carboxylic acid groups (broad SMARTS) is 1. The average molecular weight is 257 g/mol. The molecular formula is C15H12FNO2. The molecule has 0 saturated carbocycles. The molecule has 3 nitrogen and oxygen atoms in total. The van der Waals surface area contributed by atoms with E-state index in [0.717, 1.165) is 0 Å². The molecule has 0 amide bonds. The van der Waals surface area contributed by atoms with Gasteiger partial charge in [0.25, 0.3) is 0 Å². The summed E-state index contributed by atoms with van der Waals surface area (Å²) in [5.41, 5.74) is 6.82. The maximum Gasteiger partial charge on any atom is 0.336 e. The van der Waals surface area contributed by atoms with Gasteiger partial charge in [-0.25, -0.2) is 9.18 Å². The van der Waals surface area contributed by atoms with Crippen LogP contribution in [0.15, 0.2) is 48.5 Å². The van der Waals surface area contributed by atoms with Gasteiger partial charge in [0.15, 0.2) is 0 Å². The Labute approximate surface area is 109 Å². The van der Waals surface area contributed by atoms with Crippen LogP contribution in [-0.4, -0.2) is 11.1 Å². The minimum atomic E-state index is -1.12. The second kappa shape index (κ2) is 5.35. The molecule has 0 aliphatic heterocycles. The highest BCUT2D eigenvalue weighted by Crippen LogP contribution is 2.21. The standard InChI is InChI=1S/C15H12FNO2/c16-14-4-2-1-3-11(14)9-13(15(18)19)10-5-7-12(17)8-6-10/h1-9H,17H2,(H,18,19)/b13-9-. The van der Waals surface area contributed by atoms with Gasteiger partial charge in [0.05, 0.1) is 5.57 Å². The Morgan fingerprint density at radius 2 is 1.74 bits per heavy atom. The van der Waals surface area contributed by atoms with Gasteiger partial charge in [-0.1, -0.05) is 30.3 Å². The molecule has 0 bridgehead atoms. The second-order valence-corrected chi connectivity index (χ2v) is 4.01. The van der Waals surface area contributed by atoms with E-state index in [2.05, 4.69) is 0 Å². The van der Waals surface area contributed by atoms with Crippen LogP contribution in [0.25, 0.3) is 11.6 Å². The second-order valence-electron chi connectivity index (χ2n) is 4.01. The molecule has 3 N–H and O–H groups in total. The predicted molar refractivity (Wildman–Crippen MR) is 72.8 cm³/mol. The lowest BCUT2D eigenvalue weighted by molar-refractivity contribution is -0.130. The molecule has 0 radical (unpaired) electrons. The summed E-state index contributed by atoms with van der Waals surface area (Å²) in [6.07, 6.45) is 1.31. The fourth-order valence-corrected chi connectivity index (χ4v) is 1.68. The van der Waals surface area contributed by atoms with Crippen LogP contribution in [0.1, 0.15) is 11.1 Å². The lowest BCUT2D eigenvalue weighted by Gasteiger charge is -2.04. The van der Waals surface area contributed by atoms with Gasteiger partial charge in [0.1, 0.15) is 5.82 Å². The average Bonchev–Trinajstić information content (AvgIpc) is 2.39. The first-order valence-corrected chi connectivity index (χ1v) is 5.63. The Kier molecular flexibility index (Phi) is 3.61. The Morgan fingerprint density at radius 3 is 2.32 bits per heavy atom. The number of carbonyl (C=O) groups is 1. The number of nitrogens with two attached hydrogens (primary N) is 1. The van der Waals surface area contributed by atoms with Crippen LogP contribution < -0.4 is 5.73 Å². The quantitative estimate of drug-likeness (QED) is 0.504. The Bertz CT molecular complexity index is 633. The first-order valence-electron chi connectivity index (χ1n) is 5.63. The van der Waals surface area contributed by atoms with Crippen molar-refractivity contribution in [2.24, 2.45) is 0 Å². The number of aliphatic carboxylic acids is 1. The third kappa shape index (κ3) is 2.98. The summed E-state index contributed by atoms with van der Waals surface area (Å²) in [6, 6.07) is 12.4. The van der Waals surface area contributed by atoms with Crippen molar-refractivity contribution in [1.82, 2.24) is 0 Å². The number of rotatable bonds is 3. The first kappa shape index (κ1) is 12.8. The molecule has 0 fully saturated rings. The Morgan fingerprint density at radius 1 is 1.11 bits per heavy atom. The van der Waals surface area contributed by atoms with Crippen molar-refractivity contribution in [3.63, 3.8) is 0 Å². The molecule has 0 saturated heterocycles. The third-order valence-corrected chi connectivity index (χ3v) is 2.66. The van der Waals surface area contributed by atoms with Crippen molar-refractivity contribution in [2.75, 3.05) is 5.73 Å². The van der Waals surface area contributed by atoms with Gasteiger partial charge in [0.2, 0.25) is 0 Å². The van der Waals surface area contributed by atoms with E-state index in [1.54, 1.807) is 36.4 Å². The fraction of sp³-hybridized carbons (Fsp3) is 0. The Balaban J connectivity index is 2.50. The molecule has 19 heavy (non-hydrogen) atoms. The van der Waals surface area contributed by atoms with Gasteiger partial charge in [-0.15, -0.1) is 0 Å². The van der Waals surface area contributed by atoms with Gasteiger partial charge >= 0.3 is 5.97 Å². The minimum Gasteiger partial charge on any atom is -0.478 e. The number of benzene rings is 2. The van der Waals surface area contributed by atoms with E-state index in [9.17, 15) is 14.3 Å². The summed E-state index contributed by atoms with van der Waals surface area (Å²) in [5, 5.41) is 9.23. The van der Waals surface area contributed by atoms with Crippen LogP contribution in [0.5, 0.6) is 0 Å². The van der Waals surface area contributed by atoms with Crippen LogP contribution in [0.2, 0.25) is 0 Å². The third-order valence-electron chi connectivity index (χ3n) is 2.66. The molecule has 0 aliphatic rings. The van der Waals surface area contributed by atoms with Crippen molar-refractivity contribution in [3.8, 4) is 0 Å². The molecular weight excluding hydrogens is 245 g/mol. The van der Waals surface area contributed by atoms with E-state index in [0.29, 0.717) is 11.3 Å². The molecule has 96 valence electrons. The van der Waals surface area contributed by atoms with Crippen LogP contribution in [0.3, 0.4) is 0 Å². The zero-order chi connectivity index (χ0) is 13.8. The van der Waals surface area contributed by atoms with E-state index in [-0.39, 0.29) is 11.1 Å². The van der Waals surface area contributed by atoms with E-state index in [4.69, 9.17) is 5.73 Å². The molecule has 0 aromatic heterocycles. The summed E-state index contributed by atoms with van der Waals surface area (Å²) in [5.74, 6) is -1.58. The highest BCUT2D eigenvalue weighted by Gasteiger charge is 2.11. The number of halogens is 1. The van der Waals surface area contributed by atoms with Crippen molar-refractivity contribution < 1.29 is 14.3 Å². The highest BCUT2D eigenvalue weighted by molar-refractivity contribution is 6.20. The molecule has 0 spiro atoms. The van der Waals surface area contributed by atoms with Crippen LogP contribution in [0, 0.1) is 5.82 Å². The molecule has 0 heterocycles. The fourth-order valence-electron chi connectivity index (χ4n) is 1.68. The van der Waals surface area contributed by atoms with Gasteiger partial charge in [0, 0.05) is 11.3 Å². The van der Waals surface area contributed by atoms with Crippen molar-refractivity contribution in [2.45, 2.75) is 0 Å². The van der Waals surface area contributed by atoms with Gasteiger partial charge in [-0.2, -0.15) is 0 Å². The summed E-state index contributed by atoms with van der Waals surface area (Å²) >= 11 is 0. The maximum absolute atomic E-state index is 13.5. The number of hydrogen-bond acceptors (Lipinski definition) is 2. The van der Waals surface area contributed by atoms with Crippen LogP contribution >= 0.6 is 0 Å². The molecule has 0 atom stereocenters. The van der Waals surface area contributed by atoms with E-state index >= 15 is 0 Å². The smallest absolute Gasteiger partial charge is 0.336 e. The predicted octanol–water partition coefficient (Wildman–Crippen LogP) is 3.03. The molecule has 2 rings (SSSR count).